The minimum Gasteiger partial charge on any atom is -0.370 e. The molecule has 0 radical (unpaired) electrons. The van der Waals surface area contributed by atoms with Crippen LogP contribution in [0.1, 0.15) is 80.1 Å². The fourth-order valence-electron chi connectivity index (χ4n) is 7.15. The topological polar surface area (TPSA) is 67.8 Å². The summed E-state index contributed by atoms with van der Waals surface area (Å²) in [6.45, 7) is 14.3. The number of rotatable bonds is 5. The van der Waals surface area contributed by atoms with Gasteiger partial charge in [0.1, 0.15) is 0 Å². The second-order valence-corrected chi connectivity index (χ2v) is 13.7. The second kappa shape index (κ2) is 7.69. The van der Waals surface area contributed by atoms with E-state index in [0.29, 0.717) is 6.61 Å². The van der Waals surface area contributed by atoms with Crippen LogP contribution < -0.4 is 4.83 Å². The Morgan fingerprint density at radius 3 is 2.28 bits per heavy atom. The summed E-state index contributed by atoms with van der Waals surface area (Å²) in [5.41, 5.74) is 3.42. The van der Waals surface area contributed by atoms with Crippen molar-refractivity contribution < 1.29 is 13.2 Å². The van der Waals surface area contributed by atoms with Gasteiger partial charge in [-0.2, -0.15) is 18.4 Å². The fourth-order valence-corrected chi connectivity index (χ4v) is 8.00. The third-order valence-electron chi connectivity index (χ3n) is 7.23. The van der Waals surface area contributed by atoms with E-state index >= 15 is 0 Å². The largest absolute Gasteiger partial charge is 0.370 e. The van der Waals surface area contributed by atoms with Gasteiger partial charge in [-0.05, 0) is 73.8 Å². The van der Waals surface area contributed by atoms with Gasteiger partial charge in [0.15, 0.2) is 0 Å². The van der Waals surface area contributed by atoms with Crippen molar-refractivity contribution in [3.8, 4) is 0 Å². The first-order valence-electron chi connectivity index (χ1n) is 11.8. The number of sulfonamides is 1. The summed E-state index contributed by atoms with van der Waals surface area (Å²) >= 11 is 0. The number of nitrogens with zero attached hydrogens (tertiary/aromatic N) is 1. The van der Waals surface area contributed by atoms with Crippen LogP contribution in [0.2, 0.25) is 0 Å². The molecule has 0 spiro atoms. The number of allylic oxidation sites excluding steroid dienone is 1. The normalized spacial score (nSPS) is 32.5. The van der Waals surface area contributed by atoms with Gasteiger partial charge in [-0.1, -0.05) is 58.4 Å². The van der Waals surface area contributed by atoms with Gasteiger partial charge in [-0.25, -0.2) is 0 Å². The van der Waals surface area contributed by atoms with E-state index in [2.05, 4.69) is 51.5 Å². The van der Waals surface area contributed by atoms with E-state index in [1.54, 1.807) is 30.3 Å². The average molecular weight is 459 g/mol. The molecule has 3 aliphatic rings. The number of hydrazone groups is 1. The molecule has 0 unspecified atom stereocenters. The molecule has 1 saturated carbocycles. The Bertz CT molecular complexity index is 1060. The van der Waals surface area contributed by atoms with Crippen molar-refractivity contribution in [3.05, 3.63) is 41.5 Å². The Balaban J connectivity index is 1.81. The summed E-state index contributed by atoms with van der Waals surface area (Å²) in [5.74, 6) is 0. The van der Waals surface area contributed by atoms with Crippen LogP contribution in [0.5, 0.6) is 0 Å². The van der Waals surface area contributed by atoms with E-state index < -0.39 is 15.6 Å². The zero-order valence-electron chi connectivity index (χ0n) is 20.4. The molecule has 0 aromatic heterocycles. The third kappa shape index (κ3) is 4.41. The zero-order valence-corrected chi connectivity index (χ0v) is 21.2. The molecule has 176 valence electrons. The molecule has 5 nitrogen and oxygen atoms in total. The van der Waals surface area contributed by atoms with Crippen LogP contribution in [0.3, 0.4) is 0 Å². The Morgan fingerprint density at radius 1 is 0.938 bits per heavy atom. The minimum absolute atomic E-state index is 0.0285. The lowest BCUT2D eigenvalue weighted by molar-refractivity contribution is -0.114. The van der Waals surface area contributed by atoms with Crippen molar-refractivity contribution in [2.45, 2.75) is 90.6 Å². The predicted molar refractivity (Wildman–Crippen MR) is 129 cm³/mol. The van der Waals surface area contributed by atoms with Crippen LogP contribution in [0.4, 0.5) is 0 Å². The van der Waals surface area contributed by atoms with E-state index in [0.717, 1.165) is 37.8 Å². The summed E-state index contributed by atoms with van der Waals surface area (Å²) in [4.78, 5) is 2.77. The lowest BCUT2D eigenvalue weighted by atomic mass is 9.49. The average Bonchev–Trinajstić information content (AvgIpc) is 2.63. The van der Waals surface area contributed by atoms with Crippen LogP contribution in [-0.4, -0.2) is 26.3 Å². The number of hydrogen-bond donors (Lipinski definition) is 1. The molecule has 4 rings (SSSR count). The van der Waals surface area contributed by atoms with Crippen LogP contribution in [0, 0.1) is 16.2 Å². The van der Waals surface area contributed by atoms with Gasteiger partial charge in [-0.3, -0.25) is 0 Å². The van der Waals surface area contributed by atoms with Gasteiger partial charge >= 0.3 is 0 Å². The monoisotopic (exact) mass is 458 g/mol. The summed E-state index contributed by atoms with van der Waals surface area (Å²) < 4.78 is 32.4. The number of benzene rings is 1. The zero-order chi connectivity index (χ0) is 23.4. The highest BCUT2D eigenvalue weighted by molar-refractivity contribution is 7.89. The van der Waals surface area contributed by atoms with Crippen LogP contribution in [0.15, 0.2) is 51.5 Å². The molecular weight excluding hydrogens is 420 g/mol. The highest BCUT2D eigenvalue weighted by Gasteiger charge is 2.57. The molecule has 2 bridgehead atoms. The molecule has 1 fully saturated rings. The van der Waals surface area contributed by atoms with E-state index in [1.807, 2.05) is 0 Å². The number of fused-ring (bicyclic) bond motifs is 3. The molecule has 3 aliphatic carbocycles. The molecular formula is C26H38N2O3S. The second-order valence-electron chi connectivity index (χ2n) is 12.1. The summed E-state index contributed by atoms with van der Waals surface area (Å²) in [6, 6.07) is 8.44. The number of ether oxygens (including phenoxy) is 1. The molecule has 2 atom stereocenters. The van der Waals surface area contributed by atoms with Crippen LogP contribution >= 0.6 is 0 Å². The van der Waals surface area contributed by atoms with Gasteiger partial charge in [0.05, 0.1) is 16.2 Å². The maximum absolute atomic E-state index is 12.9. The van der Waals surface area contributed by atoms with E-state index in [-0.39, 0.29) is 21.1 Å². The van der Waals surface area contributed by atoms with Gasteiger partial charge in [-0.15, -0.1) is 0 Å². The number of hydrogen-bond acceptors (Lipinski definition) is 4. The highest BCUT2D eigenvalue weighted by Crippen LogP contribution is 2.62. The van der Waals surface area contributed by atoms with Crippen molar-refractivity contribution in [1.82, 2.24) is 4.83 Å². The van der Waals surface area contributed by atoms with Crippen LogP contribution in [0.25, 0.3) is 0 Å². The Hall–Kier alpha value is -1.66. The van der Waals surface area contributed by atoms with Crippen molar-refractivity contribution in [3.63, 3.8) is 0 Å². The molecule has 1 aromatic carbocycles. The lowest BCUT2D eigenvalue weighted by Gasteiger charge is -2.59. The van der Waals surface area contributed by atoms with Crippen molar-refractivity contribution in [1.29, 1.82) is 0 Å². The first-order valence-corrected chi connectivity index (χ1v) is 13.3. The molecule has 32 heavy (non-hydrogen) atoms. The molecule has 6 heteroatoms. The molecule has 0 heterocycles. The predicted octanol–water partition coefficient (Wildman–Crippen LogP) is 5.83. The Morgan fingerprint density at radius 2 is 1.62 bits per heavy atom. The molecule has 0 saturated heterocycles. The van der Waals surface area contributed by atoms with Crippen LogP contribution in [-0.2, 0) is 14.8 Å². The van der Waals surface area contributed by atoms with Gasteiger partial charge in [0.25, 0.3) is 10.0 Å². The summed E-state index contributed by atoms with van der Waals surface area (Å²) in [6.07, 6.45) is 5.87. The van der Waals surface area contributed by atoms with E-state index in [4.69, 9.17) is 4.74 Å². The fraction of sp³-hybridized carbons (Fsp3) is 0.654. The first-order chi connectivity index (χ1) is 14.8. The third-order valence-corrected chi connectivity index (χ3v) is 8.46. The van der Waals surface area contributed by atoms with E-state index in [1.165, 1.54) is 17.6 Å². The SMILES string of the molecule is CCO[C@]12CC(C)(C)C[C@@](C)(CC3=C1/C(=N\NS(=O)(=O)c1ccccc1)CC(C)(C)C3)C2. The minimum atomic E-state index is -3.72. The van der Waals surface area contributed by atoms with Gasteiger partial charge < -0.3 is 4.74 Å². The summed E-state index contributed by atoms with van der Waals surface area (Å²) in [5, 5.41) is 4.60. The lowest BCUT2D eigenvalue weighted by Crippen LogP contribution is -2.56. The highest BCUT2D eigenvalue weighted by atomic mass is 32.2. The maximum Gasteiger partial charge on any atom is 0.276 e. The molecule has 0 amide bonds. The van der Waals surface area contributed by atoms with E-state index in [9.17, 15) is 8.42 Å². The van der Waals surface area contributed by atoms with Crippen molar-refractivity contribution >= 4 is 15.7 Å². The molecule has 0 aliphatic heterocycles. The Labute approximate surface area is 193 Å². The van der Waals surface area contributed by atoms with Crippen molar-refractivity contribution in [2.75, 3.05) is 6.61 Å². The molecule has 1 aromatic rings. The quantitative estimate of drug-likeness (QED) is 0.564. The van der Waals surface area contributed by atoms with Crippen molar-refractivity contribution in [2.24, 2.45) is 21.3 Å². The summed E-state index contributed by atoms with van der Waals surface area (Å²) in [7, 11) is -3.72. The van der Waals surface area contributed by atoms with Gasteiger partial charge in [0, 0.05) is 12.2 Å². The molecule has 1 N–H and O–H groups in total. The number of nitrogens with one attached hydrogen (secondary N) is 1. The maximum atomic E-state index is 12.9. The van der Waals surface area contributed by atoms with Gasteiger partial charge in [0.2, 0.25) is 0 Å². The standard InChI is InChI=1S/C26H38N2O3S/c1-7-31-26-17-24(4,5)16-25(6,18-26)14-19-13-23(2,3)15-21(22(19)26)27-28-32(29,30)20-11-9-8-10-12-20/h8-12,28H,7,13-18H2,1-6H3/b27-21-/t25-,26+/m1/s1. The Kier molecular flexibility index (Phi) is 5.65. The smallest absolute Gasteiger partial charge is 0.276 e. The first kappa shape index (κ1) is 23.5.